The summed E-state index contributed by atoms with van der Waals surface area (Å²) in [6.07, 6.45) is 4.56. The molecule has 74 valence electrons. The molecule has 14 heavy (non-hydrogen) atoms. The van der Waals surface area contributed by atoms with Gasteiger partial charge in [-0.2, -0.15) is 0 Å². The zero-order chi connectivity index (χ0) is 10.1. The summed E-state index contributed by atoms with van der Waals surface area (Å²) in [5, 5.41) is 0. The Morgan fingerprint density at radius 2 is 1.93 bits per heavy atom. The molecule has 0 fully saturated rings. The van der Waals surface area contributed by atoms with Crippen molar-refractivity contribution >= 4 is 5.78 Å². The molecule has 1 aliphatic carbocycles. The van der Waals surface area contributed by atoms with Crippen molar-refractivity contribution in [3.8, 4) is 0 Å². The smallest absolute Gasteiger partial charge is 0.160 e. The quantitative estimate of drug-likeness (QED) is 0.652. The molecule has 0 unspecified atom stereocenters. The van der Waals surface area contributed by atoms with Crippen LogP contribution in [0.3, 0.4) is 0 Å². The average molecular weight is 188 g/mol. The maximum absolute atomic E-state index is 11.4. The first-order valence-corrected chi connectivity index (χ1v) is 5.38. The van der Waals surface area contributed by atoms with E-state index in [4.69, 9.17) is 0 Å². The van der Waals surface area contributed by atoms with Crippen LogP contribution in [0, 0.1) is 0 Å². The van der Waals surface area contributed by atoms with Crippen molar-refractivity contribution in [3.63, 3.8) is 0 Å². The standard InChI is InChI=1S/C13H16O/c1-3-10-7-11-5-4-6-12(11)8-13(10)9(2)14/h7-8H,3-6H2,1-2H3. The normalized spacial score (nSPS) is 14.1. The summed E-state index contributed by atoms with van der Waals surface area (Å²) < 4.78 is 0. The van der Waals surface area contributed by atoms with Gasteiger partial charge in [0, 0.05) is 5.56 Å². The van der Waals surface area contributed by atoms with E-state index in [9.17, 15) is 4.79 Å². The van der Waals surface area contributed by atoms with Crippen LogP contribution in [-0.4, -0.2) is 5.78 Å². The van der Waals surface area contributed by atoms with Gasteiger partial charge in [-0.15, -0.1) is 0 Å². The van der Waals surface area contributed by atoms with Gasteiger partial charge in [0.1, 0.15) is 0 Å². The van der Waals surface area contributed by atoms with Crippen LogP contribution in [0.1, 0.15) is 47.3 Å². The first kappa shape index (κ1) is 9.45. The van der Waals surface area contributed by atoms with E-state index in [0.29, 0.717) is 0 Å². The van der Waals surface area contributed by atoms with Crippen LogP contribution in [0.4, 0.5) is 0 Å². The minimum Gasteiger partial charge on any atom is -0.295 e. The molecular weight excluding hydrogens is 172 g/mol. The van der Waals surface area contributed by atoms with Gasteiger partial charge < -0.3 is 0 Å². The number of hydrogen-bond acceptors (Lipinski definition) is 1. The molecule has 0 bridgehead atoms. The Balaban J connectivity index is 2.54. The van der Waals surface area contributed by atoms with Crippen molar-refractivity contribution in [2.45, 2.75) is 39.5 Å². The van der Waals surface area contributed by atoms with Gasteiger partial charge in [-0.3, -0.25) is 4.79 Å². The molecule has 1 aromatic carbocycles. The molecule has 0 N–H and O–H groups in total. The fraction of sp³-hybridized carbons (Fsp3) is 0.462. The molecule has 0 heterocycles. The van der Waals surface area contributed by atoms with E-state index in [1.807, 2.05) is 0 Å². The summed E-state index contributed by atoms with van der Waals surface area (Å²) in [7, 11) is 0. The van der Waals surface area contributed by atoms with E-state index in [1.165, 1.54) is 29.5 Å². The van der Waals surface area contributed by atoms with Crippen LogP contribution >= 0.6 is 0 Å². The minimum atomic E-state index is 0.205. The fourth-order valence-corrected chi connectivity index (χ4v) is 2.30. The minimum absolute atomic E-state index is 0.205. The Hall–Kier alpha value is -1.11. The number of benzene rings is 1. The van der Waals surface area contributed by atoms with Crippen molar-refractivity contribution in [3.05, 3.63) is 34.4 Å². The molecule has 1 heteroatoms. The molecule has 0 aromatic heterocycles. The van der Waals surface area contributed by atoms with E-state index >= 15 is 0 Å². The summed E-state index contributed by atoms with van der Waals surface area (Å²) in [4.78, 5) is 11.4. The van der Waals surface area contributed by atoms with Gasteiger partial charge in [0.25, 0.3) is 0 Å². The molecular formula is C13H16O. The van der Waals surface area contributed by atoms with Crippen LogP contribution in [-0.2, 0) is 19.3 Å². The van der Waals surface area contributed by atoms with E-state index in [1.54, 1.807) is 6.92 Å². The van der Waals surface area contributed by atoms with Crippen LogP contribution in [0.2, 0.25) is 0 Å². The van der Waals surface area contributed by atoms with Crippen LogP contribution < -0.4 is 0 Å². The lowest BCUT2D eigenvalue weighted by atomic mass is 9.96. The summed E-state index contributed by atoms with van der Waals surface area (Å²) in [6, 6.07) is 4.35. The third kappa shape index (κ3) is 1.47. The Bertz CT molecular complexity index is 377. The lowest BCUT2D eigenvalue weighted by molar-refractivity contribution is 0.101. The van der Waals surface area contributed by atoms with Crippen LogP contribution in [0.25, 0.3) is 0 Å². The van der Waals surface area contributed by atoms with Gasteiger partial charge in [-0.25, -0.2) is 0 Å². The SMILES string of the molecule is CCc1cc2c(cc1C(C)=O)CCC2. The van der Waals surface area contributed by atoms with E-state index in [-0.39, 0.29) is 5.78 Å². The molecule has 1 aliphatic rings. The maximum Gasteiger partial charge on any atom is 0.160 e. The van der Waals surface area contributed by atoms with Gasteiger partial charge in [-0.1, -0.05) is 13.0 Å². The van der Waals surface area contributed by atoms with Crippen LogP contribution in [0.5, 0.6) is 0 Å². The van der Waals surface area contributed by atoms with E-state index in [0.717, 1.165) is 18.4 Å². The highest BCUT2D eigenvalue weighted by Gasteiger charge is 2.15. The Morgan fingerprint density at radius 3 is 2.50 bits per heavy atom. The number of aryl methyl sites for hydroxylation is 3. The maximum atomic E-state index is 11.4. The predicted octanol–water partition coefficient (Wildman–Crippen LogP) is 2.94. The van der Waals surface area contributed by atoms with Gasteiger partial charge in [-0.05, 0) is 55.4 Å². The topological polar surface area (TPSA) is 17.1 Å². The van der Waals surface area contributed by atoms with E-state index in [2.05, 4.69) is 19.1 Å². The molecule has 0 radical (unpaired) electrons. The highest BCUT2D eigenvalue weighted by molar-refractivity contribution is 5.96. The number of fused-ring (bicyclic) bond motifs is 1. The van der Waals surface area contributed by atoms with Gasteiger partial charge in [0.15, 0.2) is 5.78 Å². The van der Waals surface area contributed by atoms with Crippen molar-refractivity contribution in [2.75, 3.05) is 0 Å². The number of hydrogen-bond donors (Lipinski definition) is 0. The number of Topliss-reactive ketones (excluding diaryl/α,β-unsaturated/α-hetero) is 1. The first-order chi connectivity index (χ1) is 6.72. The second-order valence-electron chi connectivity index (χ2n) is 4.04. The molecule has 0 saturated heterocycles. The highest BCUT2D eigenvalue weighted by atomic mass is 16.1. The van der Waals surface area contributed by atoms with Crippen molar-refractivity contribution < 1.29 is 4.79 Å². The Kier molecular flexibility index (Phi) is 2.40. The van der Waals surface area contributed by atoms with Gasteiger partial charge in [0.2, 0.25) is 0 Å². The van der Waals surface area contributed by atoms with E-state index < -0.39 is 0 Å². The second kappa shape index (κ2) is 3.56. The number of carbonyl (C=O) groups excluding carboxylic acids is 1. The van der Waals surface area contributed by atoms with Gasteiger partial charge in [0.05, 0.1) is 0 Å². The van der Waals surface area contributed by atoms with Crippen molar-refractivity contribution in [1.82, 2.24) is 0 Å². The molecule has 0 saturated carbocycles. The number of rotatable bonds is 2. The number of carbonyl (C=O) groups is 1. The number of ketones is 1. The molecule has 0 spiro atoms. The average Bonchev–Trinajstić information content (AvgIpc) is 2.62. The predicted molar refractivity (Wildman–Crippen MR) is 57.8 cm³/mol. The molecule has 2 rings (SSSR count). The molecule has 1 nitrogen and oxygen atoms in total. The largest absolute Gasteiger partial charge is 0.295 e. The third-order valence-electron chi connectivity index (χ3n) is 3.08. The zero-order valence-corrected chi connectivity index (χ0v) is 8.89. The first-order valence-electron chi connectivity index (χ1n) is 5.38. The third-order valence-corrected chi connectivity index (χ3v) is 3.08. The van der Waals surface area contributed by atoms with Crippen LogP contribution in [0.15, 0.2) is 12.1 Å². The molecule has 1 aromatic rings. The summed E-state index contributed by atoms with van der Waals surface area (Å²) in [5.41, 5.74) is 5.02. The lowest BCUT2D eigenvalue weighted by Crippen LogP contribution is -2.01. The van der Waals surface area contributed by atoms with Crippen molar-refractivity contribution in [2.24, 2.45) is 0 Å². The Morgan fingerprint density at radius 1 is 1.29 bits per heavy atom. The highest BCUT2D eigenvalue weighted by Crippen LogP contribution is 2.26. The molecule has 0 atom stereocenters. The Labute approximate surface area is 85.1 Å². The summed E-state index contributed by atoms with van der Waals surface area (Å²) in [6.45, 7) is 3.78. The zero-order valence-electron chi connectivity index (χ0n) is 8.89. The van der Waals surface area contributed by atoms with Crippen molar-refractivity contribution in [1.29, 1.82) is 0 Å². The molecule has 0 aliphatic heterocycles. The molecule has 0 amide bonds. The lowest BCUT2D eigenvalue weighted by Gasteiger charge is -2.08. The monoisotopic (exact) mass is 188 g/mol. The second-order valence-corrected chi connectivity index (χ2v) is 4.04. The summed E-state index contributed by atoms with van der Waals surface area (Å²) >= 11 is 0. The summed E-state index contributed by atoms with van der Waals surface area (Å²) in [5.74, 6) is 0.205. The fourth-order valence-electron chi connectivity index (χ4n) is 2.30. The van der Waals surface area contributed by atoms with Gasteiger partial charge >= 0.3 is 0 Å².